The number of halogens is 4. The molecule has 1 saturated carbocycles. The molecule has 1 fully saturated rings. The summed E-state index contributed by atoms with van der Waals surface area (Å²) in [4.78, 5) is 12.0. The Labute approximate surface area is 202 Å². The molecule has 0 aromatic heterocycles. The maximum atomic E-state index is 12.6. The molecule has 0 spiro atoms. The third-order valence-corrected chi connectivity index (χ3v) is 9.29. The van der Waals surface area contributed by atoms with Crippen LogP contribution in [0.15, 0.2) is 54.6 Å². The van der Waals surface area contributed by atoms with Crippen molar-refractivity contribution >= 4 is 61.0 Å². The fourth-order valence-corrected chi connectivity index (χ4v) is 6.12. The second-order valence-electron chi connectivity index (χ2n) is 7.87. The summed E-state index contributed by atoms with van der Waals surface area (Å²) in [6, 6.07) is 18.4. The largest absolute Gasteiger partial charge is 0.481 e. The summed E-state index contributed by atoms with van der Waals surface area (Å²) in [6.45, 7) is 3.64. The van der Waals surface area contributed by atoms with Gasteiger partial charge >= 0.3 is 5.97 Å². The smallest absolute Gasteiger partial charge is 0.312 e. The van der Waals surface area contributed by atoms with Crippen LogP contribution in [0, 0.1) is 28.1 Å². The molecule has 3 rings (SSSR count). The highest BCUT2D eigenvalue weighted by Gasteiger charge is 2.82. The maximum absolute atomic E-state index is 12.6. The first-order valence-electron chi connectivity index (χ1n) is 9.14. The molecule has 0 heterocycles. The van der Waals surface area contributed by atoms with Crippen molar-refractivity contribution in [1.82, 2.24) is 0 Å². The van der Waals surface area contributed by atoms with E-state index < -0.39 is 36.7 Å². The second-order valence-corrected chi connectivity index (χ2v) is 12.4. The number of para-hydroxylation sites is 1. The first-order valence-corrected chi connectivity index (χ1v) is 11.6. The molecule has 4 nitrogen and oxygen atoms in total. The van der Waals surface area contributed by atoms with Crippen molar-refractivity contribution in [3.63, 3.8) is 0 Å². The second kappa shape index (κ2) is 8.35. The average molecular weight is 576 g/mol. The number of hydrogen-bond acceptors (Lipinski definition) is 3. The lowest BCUT2D eigenvalue weighted by atomic mass is 9.78. The number of carbonyl (C=O) groups is 1. The lowest BCUT2D eigenvalue weighted by Gasteiger charge is -2.25. The summed E-state index contributed by atoms with van der Waals surface area (Å²) in [5, 5.41) is 20.4. The van der Waals surface area contributed by atoms with E-state index >= 15 is 0 Å². The number of benzene rings is 2. The molecule has 30 heavy (non-hydrogen) atoms. The summed E-state index contributed by atoms with van der Waals surface area (Å²) in [5.74, 6) is -1.32. The van der Waals surface area contributed by atoms with E-state index in [-0.39, 0.29) is 0 Å². The minimum Gasteiger partial charge on any atom is -0.481 e. The molecule has 158 valence electrons. The number of aliphatic carboxylic acids is 1. The van der Waals surface area contributed by atoms with Gasteiger partial charge in [-0.2, -0.15) is 5.26 Å². The minimum absolute atomic E-state index is 0.500. The molecule has 1 aliphatic rings. The van der Waals surface area contributed by atoms with Gasteiger partial charge in [0.2, 0.25) is 0 Å². The molecular weight excluding hydrogens is 557 g/mol. The molecule has 1 aliphatic carbocycles. The van der Waals surface area contributed by atoms with Crippen molar-refractivity contribution in [2.24, 2.45) is 16.7 Å². The number of nitriles is 1. The number of nitrogens with zero attached hydrogens (tertiary/aromatic N) is 1. The lowest BCUT2D eigenvalue weighted by molar-refractivity contribution is -0.145. The van der Waals surface area contributed by atoms with Crippen LogP contribution >= 0.6 is 55.1 Å². The fraction of sp³-hybridized carbons (Fsp3) is 0.364. The number of ether oxygens (including phenoxy) is 1. The normalized spacial score (nSPS) is 24.4. The molecule has 2 aromatic carbocycles. The highest BCUT2D eigenvalue weighted by Crippen LogP contribution is 2.78. The van der Waals surface area contributed by atoms with E-state index in [2.05, 4.69) is 37.9 Å². The van der Waals surface area contributed by atoms with Crippen LogP contribution in [0.2, 0.25) is 0 Å². The van der Waals surface area contributed by atoms with Gasteiger partial charge in [-0.25, -0.2) is 0 Å². The van der Waals surface area contributed by atoms with Crippen LogP contribution in [-0.2, 0) is 4.79 Å². The molecule has 0 radical (unpaired) electrons. The first-order chi connectivity index (χ1) is 14.0. The fourth-order valence-electron chi connectivity index (χ4n) is 4.53. The van der Waals surface area contributed by atoms with Gasteiger partial charge in [-0.05, 0) is 57.1 Å². The quantitative estimate of drug-likeness (QED) is 0.357. The molecule has 0 amide bonds. The van der Waals surface area contributed by atoms with Gasteiger partial charge in [-0.1, -0.05) is 83.3 Å². The molecule has 8 heteroatoms. The molecule has 0 saturated heterocycles. The lowest BCUT2D eigenvalue weighted by Crippen LogP contribution is -2.32. The average Bonchev–Trinajstić information content (AvgIpc) is 3.19. The summed E-state index contributed by atoms with van der Waals surface area (Å²) in [5.41, 5.74) is -1.57. The van der Waals surface area contributed by atoms with Crippen molar-refractivity contribution in [3.05, 3.63) is 60.2 Å². The van der Waals surface area contributed by atoms with Crippen LogP contribution in [0.3, 0.4) is 0 Å². The molecule has 2 aromatic rings. The van der Waals surface area contributed by atoms with Crippen LogP contribution in [0.25, 0.3) is 0 Å². The number of carboxylic acid groups (broad SMARTS) is 1. The third kappa shape index (κ3) is 3.86. The number of alkyl halides is 4. The number of hydrogen-bond donors (Lipinski definition) is 1. The number of rotatable bonds is 7. The predicted molar refractivity (Wildman–Crippen MR) is 125 cm³/mol. The Kier molecular flexibility index (Phi) is 6.51. The van der Waals surface area contributed by atoms with E-state index in [0.717, 1.165) is 0 Å². The monoisotopic (exact) mass is 573 g/mol. The highest BCUT2D eigenvalue weighted by atomic mass is 79.9. The van der Waals surface area contributed by atoms with Crippen molar-refractivity contribution in [1.29, 1.82) is 5.26 Å². The van der Waals surface area contributed by atoms with E-state index in [9.17, 15) is 15.2 Å². The number of carboxylic acids is 1. The van der Waals surface area contributed by atoms with E-state index in [1.54, 1.807) is 24.3 Å². The van der Waals surface area contributed by atoms with Crippen molar-refractivity contribution in [2.45, 2.75) is 27.8 Å². The van der Waals surface area contributed by atoms with E-state index in [0.29, 0.717) is 17.1 Å². The van der Waals surface area contributed by atoms with Gasteiger partial charge < -0.3 is 9.84 Å². The maximum Gasteiger partial charge on any atom is 0.312 e. The Morgan fingerprint density at radius 3 is 2.33 bits per heavy atom. The van der Waals surface area contributed by atoms with Crippen LogP contribution in [0.5, 0.6) is 11.5 Å². The summed E-state index contributed by atoms with van der Waals surface area (Å²) in [6.07, 6.45) is 0. The SMILES string of the molecule is CC1(C)C(C(Br)C(Cl)(Cl)Br)C1(C(=O)O)C(C#N)c1cccc(Oc2ccccc2)c1. The molecule has 4 atom stereocenters. The predicted octanol–water partition coefficient (Wildman–Crippen LogP) is 7.10. The summed E-state index contributed by atoms with van der Waals surface area (Å²) < 4.78 is 4.49. The molecule has 1 N–H and O–H groups in total. The molecule has 0 bridgehead atoms. The van der Waals surface area contributed by atoms with Crippen molar-refractivity contribution < 1.29 is 14.6 Å². The third-order valence-electron chi connectivity index (χ3n) is 5.96. The Hall–Kier alpha value is -1.26. The first kappa shape index (κ1) is 23.4. The zero-order valence-electron chi connectivity index (χ0n) is 16.2. The van der Waals surface area contributed by atoms with Gasteiger partial charge in [0.25, 0.3) is 0 Å². The minimum atomic E-state index is -1.38. The zero-order chi connectivity index (χ0) is 22.3. The highest BCUT2D eigenvalue weighted by molar-refractivity contribution is 9.13. The molecular formula is C22H19Br2Cl2NO3. The Morgan fingerprint density at radius 1 is 1.20 bits per heavy atom. The standard InChI is InChI=1S/C22H19Br2Cl2NO3/c1-20(2)17(18(23)22(24,25)26)21(20,19(28)29)16(12-27)13-7-6-10-15(11-13)30-14-8-4-3-5-9-14/h3-11,16-18H,1-2H3,(H,28,29). The Bertz CT molecular complexity index is 988. The van der Waals surface area contributed by atoms with Crippen molar-refractivity contribution in [3.8, 4) is 17.6 Å². The van der Waals surface area contributed by atoms with E-state index in [1.807, 2.05) is 44.2 Å². The zero-order valence-corrected chi connectivity index (χ0v) is 20.8. The Morgan fingerprint density at radius 2 is 1.80 bits per heavy atom. The van der Waals surface area contributed by atoms with Gasteiger partial charge in [0.1, 0.15) is 11.5 Å². The van der Waals surface area contributed by atoms with Crippen LogP contribution < -0.4 is 4.74 Å². The van der Waals surface area contributed by atoms with Gasteiger partial charge in [-0.15, -0.1) is 0 Å². The van der Waals surface area contributed by atoms with Gasteiger partial charge in [0.05, 0.1) is 22.2 Å². The molecule has 0 aliphatic heterocycles. The molecule has 4 unspecified atom stereocenters. The van der Waals surface area contributed by atoms with E-state index in [4.69, 9.17) is 27.9 Å². The van der Waals surface area contributed by atoms with E-state index in [1.165, 1.54) is 0 Å². The topological polar surface area (TPSA) is 70.3 Å². The van der Waals surface area contributed by atoms with Crippen LogP contribution in [0.4, 0.5) is 0 Å². The van der Waals surface area contributed by atoms with Crippen molar-refractivity contribution in [2.75, 3.05) is 0 Å². The summed E-state index contributed by atoms with van der Waals surface area (Å²) >= 11 is 19.1. The van der Waals surface area contributed by atoms with Gasteiger partial charge in [0, 0.05) is 0 Å². The van der Waals surface area contributed by atoms with Crippen LogP contribution in [0.1, 0.15) is 25.3 Å². The summed E-state index contributed by atoms with van der Waals surface area (Å²) in [7, 11) is 0. The van der Waals surface area contributed by atoms with Crippen LogP contribution in [-0.4, -0.2) is 19.1 Å². The van der Waals surface area contributed by atoms with Gasteiger partial charge in [-0.3, -0.25) is 4.79 Å². The van der Waals surface area contributed by atoms with Gasteiger partial charge in [0.15, 0.2) is 3.24 Å². The Balaban J connectivity index is 2.03.